The maximum atomic E-state index is 11.4. The van der Waals surface area contributed by atoms with E-state index >= 15 is 0 Å². The Kier molecular flexibility index (Phi) is 3.71. The molecule has 0 amide bonds. The van der Waals surface area contributed by atoms with Gasteiger partial charge in [-0.25, -0.2) is 9.78 Å². The summed E-state index contributed by atoms with van der Waals surface area (Å²) in [7, 11) is 0. The molecule has 1 atom stereocenters. The summed E-state index contributed by atoms with van der Waals surface area (Å²) in [6.07, 6.45) is 3.07. The molecule has 2 rings (SSSR count). The highest BCUT2D eigenvalue weighted by Crippen LogP contribution is 2.40. The van der Waals surface area contributed by atoms with E-state index in [1.165, 1.54) is 11.3 Å². The topological polar surface area (TPSA) is 59.4 Å². The molecule has 4 nitrogen and oxygen atoms in total. The van der Waals surface area contributed by atoms with Gasteiger partial charge < -0.3 is 9.84 Å². The molecule has 0 radical (unpaired) electrons. The summed E-state index contributed by atoms with van der Waals surface area (Å²) in [5.41, 5.74) is -0.0280. The van der Waals surface area contributed by atoms with Gasteiger partial charge in [-0.05, 0) is 26.2 Å². The van der Waals surface area contributed by atoms with Crippen LogP contribution < -0.4 is 0 Å². The number of rotatable bonds is 2. The van der Waals surface area contributed by atoms with Gasteiger partial charge in [-0.3, -0.25) is 0 Å². The second-order valence-electron chi connectivity index (χ2n) is 6.29. The number of carbonyl (C=O) groups is 1. The van der Waals surface area contributed by atoms with Crippen LogP contribution in [-0.4, -0.2) is 22.7 Å². The second kappa shape index (κ2) is 4.87. The molecule has 0 saturated carbocycles. The third kappa shape index (κ3) is 2.82. The molecular formula is C14H21NO3S. The molecule has 0 aromatic carbocycles. The average molecular weight is 283 g/mol. The smallest absolute Gasteiger partial charge is 0.347 e. The maximum Gasteiger partial charge on any atom is 0.347 e. The summed E-state index contributed by atoms with van der Waals surface area (Å²) >= 11 is 1.26. The molecule has 19 heavy (non-hydrogen) atoms. The van der Waals surface area contributed by atoms with Crippen LogP contribution in [0.3, 0.4) is 0 Å². The first-order chi connectivity index (χ1) is 8.74. The van der Waals surface area contributed by atoms with Gasteiger partial charge in [0.15, 0.2) is 0 Å². The van der Waals surface area contributed by atoms with Crippen LogP contribution in [0.5, 0.6) is 0 Å². The first-order valence-electron chi connectivity index (χ1n) is 6.63. The van der Waals surface area contributed by atoms with E-state index in [-0.39, 0.29) is 5.41 Å². The minimum atomic E-state index is -0.895. The first-order valence-corrected chi connectivity index (χ1v) is 7.45. The van der Waals surface area contributed by atoms with Crippen LogP contribution in [0.15, 0.2) is 0 Å². The number of hydrogen-bond donors (Lipinski definition) is 1. The van der Waals surface area contributed by atoms with Gasteiger partial charge in [0.05, 0.1) is 5.69 Å². The lowest BCUT2D eigenvalue weighted by Crippen LogP contribution is -2.30. The fraction of sp³-hybridized carbons (Fsp3) is 0.714. The quantitative estimate of drug-likeness (QED) is 0.901. The molecule has 0 spiro atoms. The lowest BCUT2D eigenvalue weighted by Gasteiger charge is -2.32. The van der Waals surface area contributed by atoms with Gasteiger partial charge in [-0.15, -0.1) is 11.3 Å². The number of nitrogens with zero attached hydrogens (tertiary/aromatic N) is 1. The Balaban J connectivity index is 2.45. The SMILES string of the molecule is CC(C)(C)c1nc(C2(C)CCCCO2)sc1C(=O)O. The van der Waals surface area contributed by atoms with Gasteiger partial charge in [-0.1, -0.05) is 20.8 Å². The van der Waals surface area contributed by atoms with Crippen molar-refractivity contribution in [1.82, 2.24) is 4.98 Å². The van der Waals surface area contributed by atoms with Crippen molar-refractivity contribution in [2.24, 2.45) is 0 Å². The van der Waals surface area contributed by atoms with Gasteiger partial charge in [0, 0.05) is 12.0 Å². The molecule has 1 fully saturated rings. The van der Waals surface area contributed by atoms with E-state index in [4.69, 9.17) is 4.74 Å². The number of ether oxygens (including phenoxy) is 1. The standard InChI is InChI=1S/C14H21NO3S/c1-13(2,3)10-9(11(16)17)19-12(15-10)14(4)7-5-6-8-18-14/h5-8H2,1-4H3,(H,16,17). The van der Waals surface area contributed by atoms with E-state index in [0.29, 0.717) is 10.6 Å². The van der Waals surface area contributed by atoms with Crippen molar-refractivity contribution in [3.05, 3.63) is 15.6 Å². The monoisotopic (exact) mass is 283 g/mol. The van der Waals surface area contributed by atoms with Gasteiger partial charge >= 0.3 is 5.97 Å². The molecule has 1 aromatic heterocycles. The summed E-state index contributed by atoms with van der Waals surface area (Å²) in [6, 6.07) is 0. The van der Waals surface area contributed by atoms with Crippen molar-refractivity contribution in [1.29, 1.82) is 0 Å². The van der Waals surface area contributed by atoms with Crippen LogP contribution in [0, 0.1) is 0 Å². The van der Waals surface area contributed by atoms with E-state index in [1.54, 1.807) is 0 Å². The van der Waals surface area contributed by atoms with E-state index < -0.39 is 11.6 Å². The zero-order chi connectivity index (χ0) is 14.3. The predicted octanol–water partition coefficient (Wildman–Crippen LogP) is 3.55. The number of carboxylic acids is 1. The summed E-state index contributed by atoms with van der Waals surface area (Å²) in [6.45, 7) is 8.71. The number of carboxylic acid groups (broad SMARTS) is 1. The van der Waals surface area contributed by atoms with Crippen LogP contribution >= 0.6 is 11.3 Å². The summed E-state index contributed by atoms with van der Waals surface area (Å²) in [5.74, 6) is -0.895. The maximum absolute atomic E-state index is 11.4. The van der Waals surface area contributed by atoms with Crippen LogP contribution in [-0.2, 0) is 15.8 Å². The van der Waals surface area contributed by atoms with Gasteiger partial charge in [0.1, 0.15) is 15.5 Å². The average Bonchev–Trinajstić information content (AvgIpc) is 2.75. The Bertz CT molecular complexity index is 481. The van der Waals surface area contributed by atoms with Crippen molar-refractivity contribution in [2.75, 3.05) is 6.61 Å². The third-order valence-corrected chi connectivity index (χ3v) is 4.74. The fourth-order valence-corrected chi connectivity index (χ4v) is 3.55. The minimum absolute atomic E-state index is 0.270. The number of aromatic carboxylic acids is 1. The number of hydrogen-bond acceptors (Lipinski definition) is 4. The molecule has 0 bridgehead atoms. The van der Waals surface area contributed by atoms with Gasteiger partial charge in [0.2, 0.25) is 0 Å². The van der Waals surface area contributed by atoms with Gasteiger partial charge in [0.25, 0.3) is 0 Å². The van der Waals surface area contributed by atoms with Crippen molar-refractivity contribution in [3.8, 4) is 0 Å². The number of thiazole rings is 1. The van der Waals surface area contributed by atoms with Crippen molar-refractivity contribution in [3.63, 3.8) is 0 Å². The highest BCUT2D eigenvalue weighted by molar-refractivity contribution is 7.13. The molecule has 1 aliphatic heterocycles. The van der Waals surface area contributed by atoms with E-state index in [0.717, 1.165) is 30.9 Å². The van der Waals surface area contributed by atoms with E-state index in [2.05, 4.69) is 4.98 Å². The van der Waals surface area contributed by atoms with Crippen LogP contribution in [0.4, 0.5) is 0 Å². The molecule has 1 aromatic rings. The predicted molar refractivity (Wildman–Crippen MR) is 74.9 cm³/mol. The van der Waals surface area contributed by atoms with Crippen LogP contribution in [0.25, 0.3) is 0 Å². The summed E-state index contributed by atoms with van der Waals surface area (Å²) in [4.78, 5) is 16.4. The Morgan fingerprint density at radius 1 is 1.42 bits per heavy atom. The first kappa shape index (κ1) is 14.5. The van der Waals surface area contributed by atoms with Crippen molar-refractivity contribution in [2.45, 2.75) is 58.0 Å². The molecular weight excluding hydrogens is 262 g/mol. The summed E-state index contributed by atoms with van der Waals surface area (Å²) in [5, 5.41) is 10.2. The molecule has 1 N–H and O–H groups in total. The molecule has 1 aliphatic rings. The molecule has 1 unspecified atom stereocenters. The van der Waals surface area contributed by atoms with E-state index in [1.807, 2.05) is 27.7 Å². The molecule has 0 aliphatic carbocycles. The van der Waals surface area contributed by atoms with E-state index in [9.17, 15) is 9.90 Å². The normalized spacial score (nSPS) is 24.4. The summed E-state index contributed by atoms with van der Waals surface area (Å²) < 4.78 is 5.87. The largest absolute Gasteiger partial charge is 0.477 e. The Hall–Kier alpha value is -0.940. The molecule has 106 valence electrons. The van der Waals surface area contributed by atoms with Crippen LogP contribution in [0.1, 0.15) is 67.3 Å². The Morgan fingerprint density at radius 3 is 2.53 bits per heavy atom. The van der Waals surface area contributed by atoms with Crippen molar-refractivity contribution >= 4 is 17.3 Å². The zero-order valence-corrected chi connectivity index (χ0v) is 12.8. The second-order valence-corrected chi connectivity index (χ2v) is 7.29. The minimum Gasteiger partial charge on any atom is -0.477 e. The zero-order valence-electron chi connectivity index (χ0n) is 11.9. The molecule has 5 heteroatoms. The lowest BCUT2D eigenvalue weighted by molar-refractivity contribution is -0.0703. The fourth-order valence-electron chi connectivity index (χ4n) is 2.30. The lowest BCUT2D eigenvalue weighted by atomic mass is 9.91. The van der Waals surface area contributed by atoms with Crippen molar-refractivity contribution < 1.29 is 14.6 Å². The van der Waals surface area contributed by atoms with Gasteiger partial charge in [-0.2, -0.15) is 0 Å². The Labute approximate surface area is 117 Å². The number of aromatic nitrogens is 1. The third-order valence-electron chi connectivity index (χ3n) is 3.45. The highest BCUT2D eigenvalue weighted by Gasteiger charge is 2.37. The Morgan fingerprint density at radius 2 is 2.11 bits per heavy atom. The highest BCUT2D eigenvalue weighted by atomic mass is 32.1. The molecule has 2 heterocycles. The van der Waals surface area contributed by atoms with Crippen LogP contribution in [0.2, 0.25) is 0 Å². The molecule has 1 saturated heterocycles.